The molecule has 28 heteroatoms. The van der Waals surface area contributed by atoms with Crippen molar-refractivity contribution < 1.29 is 82.8 Å². The van der Waals surface area contributed by atoms with Crippen LogP contribution in [0.2, 0.25) is 0 Å². The van der Waals surface area contributed by atoms with Crippen molar-refractivity contribution in [3.8, 4) is 23.1 Å². The maximum atomic E-state index is 16.0. The lowest BCUT2D eigenvalue weighted by Crippen LogP contribution is -2.63. The largest absolute Gasteiger partial charge is 0.465 e. The number of carbonyl (C=O) groups is 4. The van der Waals surface area contributed by atoms with Gasteiger partial charge < -0.3 is 40.5 Å². The van der Waals surface area contributed by atoms with Crippen LogP contribution in [0.1, 0.15) is 62.9 Å². The fourth-order valence-corrected chi connectivity index (χ4v) is 8.64. The van der Waals surface area contributed by atoms with Gasteiger partial charge in [0, 0.05) is 86.6 Å². The maximum Gasteiger partial charge on any atom is 0.407 e. The second kappa shape index (κ2) is 25.3. The van der Waals surface area contributed by atoms with Crippen LogP contribution < -0.4 is 26.3 Å². The highest BCUT2D eigenvalue weighted by molar-refractivity contribution is 5.87. The number of ether oxygens (including phenoxy) is 2. The van der Waals surface area contributed by atoms with Crippen molar-refractivity contribution in [3.05, 3.63) is 101 Å². The van der Waals surface area contributed by atoms with Gasteiger partial charge in [-0.2, -0.15) is 40.2 Å². The van der Waals surface area contributed by atoms with Crippen molar-refractivity contribution in [1.29, 1.82) is 0 Å². The molecular weight excluding hydrogens is 1070 g/mol. The van der Waals surface area contributed by atoms with Crippen molar-refractivity contribution in [1.82, 2.24) is 46.0 Å². The van der Waals surface area contributed by atoms with Crippen LogP contribution in [-0.2, 0) is 32.0 Å². The molecule has 2 aliphatic heterocycles. The third-order valence-corrected chi connectivity index (χ3v) is 13.8. The van der Waals surface area contributed by atoms with E-state index in [1.165, 1.54) is 29.6 Å². The number of alkyl carbamates (subject to hydrolysis) is 1. The molecule has 79 heavy (non-hydrogen) atoms. The summed E-state index contributed by atoms with van der Waals surface area (Å²) in [7, 11) is 0.810. The van der Waals surface area contributed by atoms with Crippen molar-refractivity contribution in [2.45, 2.75) is 96.3 Å². The van der Waals surface area contributed by atoms with Crippen LogP contribution in [0.15, 0.2) is 67.0 Å². The lowest BCUT2D eigenvalue weighted by Gasteiger charge is -2.38. The van der Waals surface area contributed by atoms with Crippen LogP contribution in [0.25, 0.3) is 11.3 Å². The van der Waals surface area contributed by atoms with E-state index in [9.17, 15) is 64.5 Å². The highest BCUT2D eigenvalue weighted by Crippen LogP contribution is 2.42. The Bertz CT molecular complexity index is 2800. The van der Waals surface area contributed by atoms with E-state index in [-0.39, 0.29) is 21.5 Å². The zero-order chi connectivity index (χ0) is 58.2. The van der Waals surface area contributed by atoms with Gasteiger partial charge in [-0.15, -0.1) is 0 Å². The zero-order valence-corrected chi connectivity index (χ0v) is 43.2. The number of halogens is 10. The summed E-state index contributed by atoms with van der Waals surface area (Å²) < 4.78 is 155. The first-order valence-electron chi connectivity index (χ1n) is 24.5. The SMILES string of the molecule is COC(=O)NC(C(=O)NC(Cc1ccc(C#Cc2ccc(N3CCN([C@@H]4CCOC4)CC3)nc2)cc1)C(O)CN(Cc1c(F)cc(-c2ccn(C(F)F)n2)cc1F)NC(=O)C(NC(=O)O)C(C)(C)C(F)(F)F)C(C)(C)C(F)(F)F. The van der Waals surface area contributed by atoms with E-state index in [0.29, 0.717) is 62.0 Å². The predicted octanol–water partition coefficient (Wildman–Crippen LogP) is 6.39. The van der Waals surface area contributed by atoms with Gasteiger partial charge in [-0.3, -0.25) is 19.9 Å². The third-order valence-electron chi connectivity index (χ3n) is 13.8. The summed E-state index contributed by atoms with van der Waals surface area (Å²) >= 11 is 0. The van der Waals surface area contributed by atoms with E-state index in [2.05, 4.69) is 41.8 Å². The standard InChI is InChI=1S/C51H58F10N10O8/c1-48(2,50(56,57)58)41(65-47(77)78-5)43(73)63-38(22-30-9-6-29(7-10-30)8-11-31-12-13-40(62-25-31)69-19-17-68(18-20-69)33-15-21-79-28-33)39(72)27-70(67-44(74)42(64-46(75)76)49(3,4)51(59,60)61)26-34-35(52)23-32(24-36(34)53)37-14-16-71(66-37)45(54)55/h6-7,9-10,12-14,16,23-25,33,38-39,41-42,45,64,72H,15,17-22,26-28H2,1-5H3,(H,63,73)(H,65,77)(H,67,74)(H,75,76)/t33-,38?,39?,41?,42?/m1/s1. The molecule has 6 rings (SSSR count). The fourth-order valence-electron chi connectivity index (χ4n) is 8.64. The van der Waals surface area contributed by atoms with Gasteiger partial charge in [0.25, 0.3) is 5.91 Å². The number of methoxy groups -OCH3 is 1. The van der Waals surface area contributed by atoms with Crippen molar-refractivity contribution in [3.63, 3.8) is 0 Å². The summed E-state index contributed by atoms with van der Waals surface area (Å²) in [4.78, 5) is 61.2. The summed E-state index contributed by atoms with van der Waals surface area (Å²) in [5, 5.41) is 31.1. The van der Waals surface area contributed by atoms with Gasteiger partial charge in [-0.25, -0.2) is 33.0 Å². The molecule has 4 amide bonds. The number of carboxylic acid groups (broad SMARTS) is 1. The highest BCUT2D eigenvalue weighted by atomic mass is 19.4. The molecule has 0 spiro atoms. The number of rotatable bonds is 19. The van der Waals surface area contributed by atoms with Crippen LogP contribution in [0.4, 0.5) is 59.3 Å². The number of aliphatic hydroxyl groups excluding tert-OH is 1. The topological polar surface area (TPSA) is 216 Å². The lowest BCUT2D eigenvalue weighted by atomic mass is 9.82. The zero-order valence-electron chi connectivity index (χ0n) is 43.2. The molecule has 6 N–H and O–H groups in total. The molecule has 430 valence electrons. The summed E-state index contributed by atoms with van der Waals surface area (Å²) in [6.07, 6.45) is -13.3. The van der Waals surface area contributed by atoms with Crippen LogP contribution in [-0.4, -0.2) is 155 Å². The van der Waals surface area contributed by atoms with Crippen molar-refractivity contribution in [2.75, 3.05) is 57.9 Å². The lowest BCUT2D eigenvalue weighted by molar-refractivity contribution is -0.221. The number of nitrogens with zero attached hydrogens (tertiary/aromatic N) is 6. The fraction of sp³-hybridized carbons (Fsp3) is 0.490. The van der Waals surface area contributed by atoms with E-state index in [0.717, 1.165) is 71.0 Å². The first kappa shape index (κ1) is 61.0. The molecule has 0 saturated carbocycles. The Morgan fingerprint density at radius 2 is 1.43 bits per heavy atom. The average molecular weight is 1130 g/mol. The van der Waals surface area contributed by atoms with E-state index < -0.39 is 115 Å². The number of pyridine rings is 1. The molecule has 2 saturated heterocycles. The average Bonchev–Trinajstić information content (AvgIpc) is 4.15. The Kier molecular flexibility index (Phi) is 19.5. The van der Waals surface area contributed by atoms with Crippen LogP contribution in [0, 0.1) is 34.3 Å². The molecular formula is C51H58F10N10O8. The number of anilines is 1. The Hall–Kier alpha value is -7.22. The van der Waals surface area contributed by atoms with E-state index in [4.69, 9.17) is 4.74 Å². The Morgan fingerprint density at radius 3 is 1.95 bits per heavy atom. The molecule has 2 fully saturated rings. The van der Waals surface area contributed by atoms with Crippen molar-refractivity contribution >= 4 is 29.8 Å². The minimum atomic E-state index is -5.28. The smallest absolute Gasteiger partial charge is 0.407 e. The molecule has 2 aromatic carbocycles. The number of hydrogen-bond donors (Lipinski definition) is 6. The van der Waals surface area contributed by atoms with Gasteiger partial charge in [0.05, 0.1) is 42.4 Å². The number of benzene rings is 2. The molecule has 2 aromatic heterocycles. The van der Waals surface area contributed by atoms with Crippen LogP contribution >= 0.6 is 0 Å². The van der Waals surface area contributed by atoms with E-state index >= 15 is 8.78 Å². The van der Waals surface area contributed by atoms with Crippen molar-refractivity contribution in [2.24, 2.45) is 10.8 Å². The maximum absolute atomic E-state index is 16.0. The molecule has 5 atom stereocenters. The number of nitrogens with one attached hydrogen (secondary N) is 4. The molecule has 4 unspecified atom stereocenters. The van der Waals surface area contributed by atoms with Gasteiger partial charge in [0.15, 0.2) is 0 Å². The summed E-state index contributed by atoms with van der Waals surface area (Å²) in [6.45, 7) is 1.40. The molecule has 0 radical (unpaired) electrons. The van der Waals surface area contributed by atoms with Gasteiger partial charge >= 0.3 is 31.1 Å². The van der Waals surface area contributed by atoms with Gasteiger partial charge in [-0.1, -0.05) is 24.0 Å². The minimum Gasteiger partial charge on any atom is -0.465 e. The van der Waals surface area contributed by atoms with Gasteiger partial charge in [0.1, 0.15) is 29.5 Å². The summed E-state index contributed by atoms with van der Waals surface area (Å²) in [5.74, 6) is 0.530. The second-order valence-electron chi connectivity index (χ2n) is 19.9. The third kappa shape index (κ3) is 15.3. The molecule has 0 bridgehead atoms. The number of hydrogen-bond acceptors (Lipinski definition) is 12. The molecule has 4 aromatic rings. The van der Waals surface area contributed by atoms with Gasteiger partial charge in [0.2, 0.25) is 5.91 Å². The Morgan fingerprint density at radius 1 is 0.835 bits per heavy atom. The number of alkyl halides is 8. The number of piperazine rings is 1. The predicted molar refractivity (Wildman–Crippen MR) is 263 cm³/mol. The number of amides is 4. The van der Waals surface area contributed by atoms with Crippen LogP contribution in [0.3, 0.4) is 0 Å². The number of hydrazine groups is 1. The monoisotopic (exact) mass is 1130 g/mol. The van der Waals surface area contributed by atoms with E-state index in [1.807, 2.05) is 16.8 Å². The van der Waals surface area contributed by atoms with E-state index in [1.54, 1.807) is 12.3 Å². The Balaban J connectivity index is 1.31. The Labute approximate surface area is 446 Å². The molecule has 0 aliphatic carbocycles. The van der Waals surface area contributed by atoms with Crippen LogP contribution in [0.5, 0.6) is 0 Å². The quantitative estimate of drug-likeness (QED) is 0.0342. The first-order chi connectivity index (χ1) is 37.0. The first-order valence-corrected chi connectivity index (χ1v) is 24.5. The normalized spacial score (nSPS) is 17.1. The number of aromatic nitrogens is 3. The summed E-state index contributed by atoms with van der Waals surface area (Å²) in [6, 6.07) is 5.38. The summed E-state index contributed by atoms with van der Waals surface area (Å²) in [5.41, 5.74) is -4.70. The highest BCUT2D eigenvalue weighted by Gasteiger charge is 2.57. The van der Waals surface area contributed by atoms with Gasteiger partial charge in [-0.05, 0) is 88.6 Å². The number of carbonyl (C=O) groups excluding carboxylic acids is 3. The minimum absolute atomic E-state index is 0.186. The number of aliphatic hydroxyl groups is 1. The molecule has 18 nitrogen and oxygen atoms in total. The molecule has 2 aliphatic rings. The molecule has 4 heterocycles. The second-order valence-corrected chi connectivity index (χ2v) is 19.9.